The number of carbonyl (C=O) groups is 1. The highest BCUT2D eigenvalue weighted by molar-refractivity contribution is 7.92. The Labute approximate surface area is 341 Å². The molecule has 2 fully saturated rings. The summed E-state index contributed by atoms with van der Waals surface area (Å²) in [4.78, 5) is 25.9. The van der Waals surface area contributed by atoms with Crippen LogP contribution in [-0.4, -0.2) is 75.8 Å². The van der Waals surface area contributed by atoms with Gasteiger partial charge < -0.3 is 15.5 Å². The summed E-state index contributed by atoms with van der Waals surface area (Å²) in [6.45, 7) is 2.97. The summed E-state index contributed by atoms with van der Waals surface area (Å²) in [5.74, 6) is -8.88. The number of aryl methyl sites for hydroxylation is 1. The second kappa shape index (κ2) is 14.1. The molecule has 1 saturated carbocycles. The fraction of sp³-hybridized carbons (Fsp3) is 0.395. The van der Waals surface area contributed by atoms with Gasteiger partial charge in [0.1, 0.15) is 23.9 Å². The minimum atomic E-state index is -5.06. The maximum atomic E-state index is 15.5. The number of sulfonamides is 1. The maximum Gasteiger partial charge on any atom is 0.435 e. The molecular formula is C38H35F7N10O3S2. The molecular weight excluding hydrogens is 842 g/mol. The van der Waals surface area contributed by atoms with Crippen molar-refractivity contribution in [2.24, 2.45) is 13.0 Å². The van der Waals surface area contributed by atoms with E-state index in [-0.39, 0.29) is 41.6 Å². The number of fused-ring (bicyclic) bond motifs is 5. The molecule has 2 aromatic carbocycles. The molecule has 0 radical (unpaired) electrons. The number of aromatic nitrogens is 6. The average Bonchev–Trinajstić information content (AvgIpc) is 3.41. The van der Waals surface area contributed by atoms with E-state index in [0.29, 0.717) is 62.2 Å². The van der Waals surface area contributed by atoms with Crippen molar-refractivity contribution < 1.29 is 43.9 Å². The molecule has 5 heterocycles. The number of carbonyl (C=O) groups excluding carboxylic acids is 1. The highest BCUT2D eigenvalue weighted by Crippen LogP contribution is 2.68. The van der Waals surface area contributed by atoms with Crippen LogP contribution in [0.2, 0.25) is 0 Å². The fourth-order valence-corrected chi connectivity index (χ4v) is 10.0. The van der Waals surface area contributed by atoms with Crippen molar-refractivity contribution >= 4 is 59.5 Å². The first-order valence-electron chi connectivity index (χ1n) is 18.8. The van der Waals surface area contributed by atoms with E-state index in [9.17, 15) is 35.2 Å². The van der Waals surface area contributed by atoms with Gasteiger partial charge in [-0.3, -0.25) is 18.9 Å². The predicted molar refractivity (Wildman–Crippen MR) is 208 cm³/mol. The summed E-state index contributed by atoms with van der Waals surface area (Å²) >= 11 is 1.35. The third-order valence-electron chi connectivity index (χ3n) is 11.0. The number of halogens is 7. The second-order valence-corrected chi connectivity index (χ2v) is 18.3. The van der Waals surface area contributed by atoms with Crippen LogP contribution in [0, 0.1) is 17.6 Å². The third-order valence-corrected chi connectivity index (χ3v) is 12.6. The van der Waals surface area contributed by atoms with E-state index in [1.807, 2.05) is 6.92 Å². The average molecular weight is 877 g/mol. The van der Waals surface area contributed by atoms with E-state index in [0.717, 1.165) is 18.4 Å². The number of anilines is 2. The lowest BCUT2D eigenvalue weighted by molar-refractivity contribution is -0.142. The van der Waals surface area contributed by atoms with Crippen LogP contribution in [0.1, 0.15) is 53.5 Å². The Hall–Kier alpha value is -5.35. The van der Waals surface area contributed by atoms with E-state index in [1.165, 1.54) is 16.0 Å². The maximum absolute atomic E-state index is 15.5. The number of pyridine rings is 1. The van der Waals surface area contributed by atoms with Gasteiger partial charge in [0.15, 0.2) is 22.3 Å². The number of amides is 1. The van der Waals surface area contributed by atoms with Gasteiger partial charge >= 0.3 is 6.18 Å². The first-order valence-corrected chi connectivity index (χ1v) is 21.5. The van der Waals surface area contributed by atoms with E-state index in [2.05, 4.69) is 30.5 Å². The summed E-state index contributed by atoms with van der Waals surface area (Å²) in [5, 5.41) is 15.0. The van der Waals surface area contributed by atoms with Crippen LogP contribution in [-0.2, 0) is 46.9 Å². The molecule has 2 aliphatic carbocycles. The van der Waals surface area contributed by atoms with Gasteiger partial charge in [-0.25, -0.2) is 22.2 Å². The first-order chi connectivity index (χ1) is 28.2. The normalized spacial score (nSPS) is 20.4. The summed E-state index contributed by atoms with van der Waals surface area (Å²) in [5.41, 5.74) is -1.40. The molecule has 60 heavy (non-hydrogen) atoms. The van der Waals surface area contributed by atoms with Crippen LogP contribution in [0.15, 0.2) is 42.5 Å². The standard InChI is InChI=1S/C38H35F7N10O3S2/c1-17-15-54(8-7-46-17)36-49-35-27(59-36)14-23(21-5-4-6-22-31(21)53(2)51-34(22)52-60(3,57)58)30(48-35)26(11-18-9-19(39)12-20(40)10-18)47-28(56)16-55-33-29(32(50-55)38(43,44)45)24-13-25(24)37(33,41)42/h4-6,9-10,12,14,17,24-26,46H,7-8,11,13,15-16H2,1-3H3,(H,47,56)(H,51,52)/t17-,24+,25-,26+/m1/s1. The van der Waals surface area contributed by atoms with Gasteiger partial charge in [-0.1, -0.05) is 23.5 Å². The van der Waals surface area contributed by atoms with Crippen molar-refractivity contribution in [2.45, 2.75) is 56.4 Å². The van der Waals surface area contributed by atoms with Crippen LogP contribution in [0.3, 0.4) is 0 Å². The number of benzene rings is 2. The number of hydrogen-bond acceptors (Lipinski definition) is 10. The number of thiazole rings is 1. The summed E-state index contributed by atoms with van der Waals surface area (Å²) in [7, 11) is -2.18. The number of hydrogen-bond donors (Lipinski definition) is 3. The number of nitrogens with zero attached hydrogens (tertiary/aromatic N) is 7. The summed E-state index contributed by atoms with van der Waals surface area (Å²) < 4.78 is 132. The van der Waals surface area contributed by atoms with Crippen LogP contribution in [0.25, 0.3) is 32.4 Å². The summed E-state index contributed by atoms with van der Waals surface area (Å²) in [6.07, 6.45) is -4.55. The molecule has 9 rings (SSSR count). The molecule has 1 saturated heterocycles. The highest BCUT2D eigenvalue weighted by Gasteiger charge is 2.68. The van der Waals surface area contributed by atoms with Crippen molar-refractivity contribution in [3.63, 3.8) is 0 Å². The van der Waals surface area contributed by atoms with Gasteiger partial charge in [-0.2, -0.15) is 37.1 Å². The zero-order valence-electron chi connectivity index (χ0n) is 31.9. The smallest absolute Gasteiger partial charge is 0.346 e. The van der Waals surface area contributed by atoms with Crippen molar-refractivity contribution in [3.05, 3.63) is 82.3 Å². The minimum Gasteiger partial charge on any atom is -0.346 e. The van der Waals surface area contributed by atoms with Gasteiger partial charge in [-0.15, -0.1) is 0 Å². The monoisotopic (exact) mass is 876 g/mol. The highest BCUT2D eigenvalue weighted by atomic mass is 32.2. The van der Waals surface area contributed by atoms with Gasteiger partial charge in [0.05, 0.1) is 28.2 Å². The predicted octanol–water partition coefficient (Wildman–Crippen LogP) is 6.22. The number of piperazine rings is 1. The topological polar surface area (TPSA) is 152 Å². The third kappa shape index (κ3) is 7.20. The molecule has 22 heteroatoms. The Morgan fingerprint density at radius 1 is 1.08 bits per heavy atom. The Bertz CT molecular complexity index is 2820. The molecule has 1 amide bonds. The van der Waals surface area contributed by atoms with Crippen LogP contribution < -0.4 is 20.3 Å². The Kier molecular flexibility index (Phi) is 9.43. The van der Waals surface area contributed by atoms with Gasteiger partial charge in [0.2, 0.25) is 15.9 Å². The van der Waals surface area contributed by atoms with Crippen molar-refractivity contribution in [1.82, 2.24) is 40.2 Å². The molecule has 1 aliphatic heterocycles. The van der Waals surface area contributed by atoms with Crippen LogP contribution >= 0.6 is 11.3 Å². The Morgan fingerprint density at radius 3 is 2.53 bits per heavy atom. The Balaban J connectivity index is 1.20. The number of alkyl halides is 5. The summed E-state index contributed by atoms with van der Waals surface area (Å²) in [6, 6.07) is 8.37. The van der Waals surface area contributed by atoms with E-state index < -0.39 is 81.0 Å². The SMILES string of the molecule is C[C@@H]1CN(c2nc3nc([C@H](Cc4cc(F)cc(F)c4)NC(=O)Cn4nc(C(F)(F)F)c5c4C(F)(F)[C@@H]4C[C@H]54)c(-c4cccc5c(NS(C)(=O)=O)nn(C)c45)cc3s2)CCN1. The molecule has 6 aromatic rings. The molecule has 4 aromatic heterocycles. The number of para-hydroxylation sites is 1. The van der Waals surface area contributed by atoms with E-state index in [1.54, 1.807) is 31.3 Å². The second-order valence-electron chi connectivity index (χ2n) is 15.5. The fourth-order valence-electron chi connectivity index (χ4n) is 8.54. The van der Waals surface area contributed by atoms with E-state index >= 15 is 8.78 Å². The molecule has 4 atom stereocenters. The molecule has 13 nitrogen and oxygen atoms in total. The molecule has 3 aliphatic rings. The zero-order chi connectivity index (χ0) is 42.6. The van der Waals surface area contributed by atoms with Crippen LogP contribution in [0.5, 0.6) is 0 Å². The van der Waals surface area contributed by atoms with Crippen molar-refractivity contribution in [2.75, 3.05) is 35.5 Å². The van der Waals surface area contributed by atoms with E-state index in [4.69, 9.17) is 9.97 Å². The lowest BCUT2D eigenvalue weighted by atomic mass is 9.94. The lowest BCUT2D eigenvalue weighted by Gasteiger charge is -2.31. The van der Waals surface area contributed by atoms with Gasteiger partial charge in [-0.05, 0) is 55.5 Å². The Morgan fingerprint density at radius 2 is 1.83 bits per heavy atom. The van der Waals surface area contributed by atoms with Crippen LogP contribution in [0.4, 0.5) is 41.7 Å². The van der Waals surface area contributed by atoms with Crippen molar-refractivity contribution in [3.8, 4) is 11.1 Å². The van der Waals surface area contributed by atoms with Gasteiger partial charge in [0, 0.05) is 66.8 Å². The quantitative estimate of drug-likeness (QED) is 0.136. The minimum absolute atomic E-state index is 0.0276. The molecule has 0 bridgehead atoms. The molecule has 3 N–H and O–H groups in total. The van der Waals surface area contributed by atoms with Crippen molar-refractivity contribution in [1.29, 1.82) is 0 Å². The van der Waals surface area contributed by atoms with Gasteiger partial charge in [0.25, 0.3) is 5.92 Å². The number of rotatable bonds is 10. The first kappa shape index (κ1) is 40.1. The molecule has 0 unspecified atom stereocenters. The molecule has 0 spiro atoms. The lowest BCUT2D eigenvalue weighted by Crippen LogP contribution is -2.49. The largest absolute Gasteiger partial charge is 0.435 e. The molecule has 316 valence electrons. The number of nitrogens with one attached hydrogen (secondary N) is 3. The zero-order valence-corrected chi connectivity index (χ0v) is 33.5.